The van der Waals surface area contributed by atoms with Crippen molar-refractivity contribution in [1.82, 2.24) is 29.5 Å². The average Bonchev–Trinajstić information content (AvgIpc) is 3.43. The molecule has 0 spiro atoms. The van der Waals surface area contributed by atoms with Crippen molar-refractivity contribution in [2.75, 3.05) is 5.32 Å². The van der Waals surface area contributed by atoms with E-state index in [0.29, 0.717) is 17.8 Å². The lowest BCUT2D eigenvalue weighted by Crippen LogP contribution is -2.12. The minimum absolute atomic E-state index is 0.207. The van der Waals surface area contributed by atoms with Crippen molar-refractivity contribution in [3.05, 3.63) is 78.0 Å². The van der Waals surface area contributed by atoms with E-state index >= 15 is 0 Å². The molecule has 0 radical (unpaired) electrons. The highest BCUT2D eigenvalue weighted by atomic mass is 19.4. The van der Waals surface area contributed by atoms with Crippen molar-refractivity contribution in [1.29, 1.82) is 0 Å². The fraction of sp³-hybridized carbons (Fsp3) is 0.231. The first kappa shape index (κ1) is 23.5. The lowest BCUT2D eigenvalue weighted by molar-refractivity contribution is -0.140. The molecule has 0 bridgehead atoms. The zero-order valence-corrected chi connectivity index (χ0v) is 19.9. The lowest BCUT2D eigenvalue weighted by atomic mass is 10.0. The Morgan fingerprint density at radius 2 is 1.83 bits per heavy atom. The number of rotatable bonds is 6. The van der Waals surface area contributed by atoms with Gasteiger partial charge in [-0.2, -0.15) is 13.2 Å². The van der Waals surface area contributed by atoms with Gasteiger partial charge >= 0.3 is 6.18 Å². The number of aromatic amines is 1. The Labute approximate surface area is 205 Å². The number of imidazole rings is 1. The molecule has 1 aromatic carbocycles. The molecule has 0 saturated carbocycles. The predicted molar refractivity (Wildman–Crippen MR) is 132 cm³/mol. The van der Waals surface area contributed by atoms with E-state index < -0.39 is 11.9 Å². The Bertz CT molecular complexity index is 1520. The third-order valence-corrected chi connectivity index (χ3v) is 5.74. The van der Waals surface area contributed by atoms with Gasteiger partial charge in [-0.1, -0.05) is 24.3 Å². The standard InChI is InChI=1S/C26H24F3N7/c1-15(2)33-23-19(5-4-10-30-23)24-32-13-20-22(35-24)18(12-31-20)11-16-6-8-17(9-7-16)25-34-21(14-36(25)3)26(27,28)29/h4-10,12-15,31H,11H2,1-3H3,(H,30,33). The molecular formula is C26H24F3N7. The largest absolute Gasteiger partial charge is 0.434 e. The Morgan fingerprint density at radius 1 is 1.06 bits per heavy atom. The molecule has 2 N–H and O–H groups in total. The smallest absolute Gasteiger partial charge is 0.367 e. The normalized spacial score (nSPS) is 12.0. The van der Waals surface area contributed by atoms with Gasteiger partial charge in [0.05, 0.1) is 22.8 Å². The molecule has 0 aliphatic rings. The molecule has 0 unspecified atom stereocenters. The molecule has 0 fully saturated rings. The first-order chi connectivity index (χ1) is 17.2. The van der Waals surface area contributed by atoms with Crippen LogP contribution in [0.4, 0.5) is 19.0 Å². The maximum Gasteiger partial charge on any atom is 0.434 e. The Hall–Kier alpha value is -4.21. The van der Waals surface area contributed by atoms with Crippen molar-refractivity contribution >= 4 is 16.9 Å². The summed E-state index contributed by atoms with van der Waals surface area (Å²) < 4.78 is 40.4. The summed E-state index contributed by atoms with van der Waals surface area (Å²) in [4.78, 5) is 20.8. The number of aromatic nitrogens is 6. The second-order valence-electron chi connectivity index (χ2n) is 8.90. The molecule has 0 saturated heterocycles. The third-order valence-electron chi connectivity index (χ3n) is 5.74. The van der Waals surface area contributed by atoms with Crippen molar-refractivity contribution in [2.45, 2.75) is 32.5 Å². The summed E-state index contributed by atoms with van der Waals surface area (Å²) in [7, 11) is 1.55. The molecule has 36 heavy (non-hydrogen) atoms. The van der Waals surface area contributed by atoms with Gasteiger partial charge in [0.2, 0.25) is 0 Å². The fourth-order valence-electron chi connectivity index (χ4n) is 4.07. The fourth-order valence-corrected chi connectivity index (χ4v) is 4.07. The third kappa shape index (κ3) is 4.66. The summed E-state index contributed by atoms with van der Waals surface area (Å²) in [5.74, 6) is 1.56. The van der Waals surface area contributed by atoms with E-state index in [1.165, 1.54) is 4.57 Å². The molecule has 0 atom stereocenters. The number of benzene rings is 1. The van der Waals surface area contributed by atoms with Gasteiger partial charge in [0.25, 0.3) is 0 Å². The van der Waals surface area contributed by atoms with Crippen LogP contribution in [0.3, 0.4) is 0 Å². The van der Waals surface area contributed by atoms with Gasteiger partial charge in [0.1, 0.15) is 11.6 Å². The number of nitrogens with one attached hydrogen (secondary N) is 2. The van der Waals surface area contributed by atoms with E-state index in [4.69, 9.17) is 4.98 Å². The van der Waals surface area contributed by atoms with Crippen LogP contribution in [0.5, 0.6) is 0 Å². The van der Waals surface area contributed by atoms with E-state index in [9.17, 15) is 13.2 Å². The molecule has 0 aliphatic heterocycles. The van der Waals surface area contributed by atoms with E-state index in [2.05, 4.69) is 25.3 Å². The zero-order chi connectivity index (χ0) is 25.4. The first-order valence-corrected chi connectivity index (χ1v) is 11.4. The van der Waals surface area contributed by atoms with Crippen molar-refractivity contribution < 1.29 is 13.2 Å². The molecule has 4 aromatic heterocycles. The summed E-state index contributed by atoms with van der Waals surface area (Å²) in [6.07, 6.45) is 2.50. The highest BCUT2D eigenvalue weighted by Crippen LogP contribution is 2.31. The van der Waals surface area contributed by atoms with Gasteiger partial charge in [-0.15, -0.1) is 0 Å². The van der Waals surface area contributed by atoms with E-state index in [-0.39, 0.29) is 11.9 Å². The second kappa shape index (κ2) is 9.10. The number of anilines is 1. The average molecular weight is 492 g/mol. The van der Waals surface area contributed by atoms with Crippen LogP contribution in [0.1, 0.15) is 30.7 Å². The number of alkyl halides is 3. The number of pyridine rings is 1. The minimum atomic E-state index is -4.48. The molecule has 10 heteroatoms. The number of halogens is 3. The van der Waals surface area contributed by atoms with Crippen molar-refractivity contribution in [3.8, 4) is 22.8 Å². The molecule has 0 aliphatic carbocycles. The summed E-state index contributed by atoms with van der Waals surface area (Å²) in [5.41, 5.74) is 4.13. The summed E-state index contributed by atoms with van der Waals surface area (Å²) >= 11 is 0. The minimum Gasteiger partial charge on any atom is -0.367 e. The maximum absolute atomic E-state index is 13.0. The second-order valence-corrected chi connectivity index (χ2v) is 8.90. The highest BCUT2D eigenvalue weighted by molar-refractivity contribution is 5.82. The van der Waals surface area contributed by atoms with Crippen molar-refractivity contribution in [3.63, 3.8) is 0 Å². The topological polar surface area (TPSA) is 84.3 Å². The Balaban J connectivity index is 1.42. The number of hydrogen-bond acceptors (Lipinski definition) is 5. The van der Waals surface area contributed by atoms with Crippen LogP contribution in [-0.2, 0) is 19.6 Å². The monoisotopic (exact) mass is 491 g/mol. The molecule has 5 rings (SSSR count). The van der Waals surface area contributed by atoms with Crippen LogP contribution in [-0.4, -0.2) is 35.5 Å². The van der Waals surface area contributed by atoms with Crippen LogP contribution in [0.2, 0.25) is 0 Å². The SMILES string of the molecule is CC(C)Nc1ncccc1-c1ncc2[nH]cc(Cc3ccc(-c4nc(C(F)(F)F)cn4C)cc3)c2n1. The van der Waals surface area contributed by atoms with Gasteiger partial charge < -0.3 is 14.9 Å². The summed E-state index contributed by atoms with van der Waals surface area (Å²) in [5, 5.41) is 3.33. The van der Waals surface area contributed by atoms with Crippen LogP contribution < -0.4 is 5.32 Å². The quantitative estimate of drug-likeness (QED) is 0.311. The highest BCUT2D eigenvalue weighted by Gasteiger charge is 2.34. The van der Waals surface area contributed by atoms with Gasteiger partial charge in [-0.25, -0.2) is 19.9 Å². The van der Waals surface area contributed by atoms with Gasteiger partial charge in [0, 0.05) is 49.2 Å². The molecule has 5 aromatic rings. The number of nitrogens with zero attached hydrogens (tertiary/aromatic N) is 5. The van der Waals surface area contributed by atoms with Gasteiger partial charge in [0.15, 0.2) is 11.5 Å². The zero-order valence-electron chi connectivity index (χ0n) is 19.9. The number of aryl methyl sites for hydroxylation is 1. The van der Waals surface area contributed by atoms with Crippen molar-refractivity contribution in [2.24, 2.45) is 7.05 Å². The summed E-state index contributed by atoms with van der Waals surface area (Å²) in [6, 6.07) is 11.4. The molecular weight excluding hydrogens is 467 g/mol. The number of hydrogen-bond donors (Lipinski definition) is 2. The molecule has 184 valence electrons. The van der Waals surface area contributed by atoms with Crippen LogP contribution in [0, 0.1) is 0 Å². The van der Waals surface area contributed by atoms with E-state index in [0.717, 1.165) is 39.7 Å². The van der Waals surface area contributed by atoms with Crippen LogP contribution >= 0.6 is 0 Å². The van der Waals surface area contributed by atoms with Crippen LogP contribution in [0.25, 0.3) is 33.8 Å². The van der Waals surface area contributed by atoms with Crippen LogP contribution in [0.15, 0.2) is 61.2 Å². The van der Waals surface area contributed by atoms with E-state index in [1.54, 1.807) is 31.6 Å². The Kier molecular flexibility index (Phi) is 5.95. The predicted octanol–water partition coefficient (Wildman–Crippen LogP) is 5.85. The van der Waals surface area contributed by atoms with Gasteiger partial charge in [-0.05, 0) is 31.5 Å². The molecule has 7 nitrogen and oxygen atoms in total. The first-order valence-electron chi connectivity index (χ1n) is 11.4. The number of fused-ring (bicyclic) bond motifs is 1. The number of H-pyrrole nitrogens is 1. The Morgan fingerprint density at radius 3 is 2.53 bits per heavy atom. The maximum atomic E-state index is 13.0. The molecule has 4 heterocycles. The summed E-state index contributed by atoms with van der Waals surface area (Å²) in [6.45, 7) is 4.09. The molecule has 0 amide bonds. The van der Waals surface area contributed by atoms with E-state index in [1.807, 2.05) is 44.3 Å². The van der Waals surface area contributed by atoms with Gasteiger partial charge in [-0.3, -0.25) is 0 Å². The lowest BCUT2D eigenvalue weighted by Gasteiger charge is -2.12.